The molecule has 1 saturated heterocycles. The van der Waals surface area contributed by atoms with E-state index in [4.69, 9.17) is 5.11 Å². The lowest BCUT2D eigenvalue weighted by atomic mass is 9.77. The number of carboxylic acid groups (broad SMARTS) is 1. The fourth-order valence-electron chi connectivity index (χ4n) is 2.02. The summed E-state index contributed by atoms with van der Waals surface area (Å²) in [7, 11) is 0. The average Bonchev–Trinajstić information content (AvgIpc) is 2.16. The predicted octanol–water partition coefficient (Wildman–Crippen LogP) is 0.354. The Morgan fingerprint density at radius 2 is 2.12 bits per heavy atom. The molecule has 0 aromatic rings. The molecule has 0 aliphatic carbocycles. The lowest BCUT2D eigenvalue weighted by Gasteiger charge is -2.38. The Bertz CT molecular complexity index is 289. The summed E-state index contributed by atoms with van der Waals surface area (Å²) in [6.45, 7) is 6.32. The average molecular weight is 228 g/mol. The van der Waals surface area contributed by atoms with E-state index in [1.54, 1.807) is 0 Å². The van der Waals surface area contributed by atoms with Crippen LogP contribution in [0.5, 0.6) is 0 Å². The molecule has 16 heavy (non-hydrogen) atoms. The molecule has 2 atom stereocenters. The van der Waals surface area contributed by atoms with Crippen LogP contribution in [0.3, 0.4) is 0 Å². The summed E-state index contributed by atoms with van der Waals surface area (Å²) in [4.78, 5) is 22.5. The number of nitrogens with one attached hydrogen (secondary N) is 2. The Balaban J connectivity index is 2.62. The third-order valence-corrected chi connectivity index (χ3v) is 3.12. The molecule has 92 valence electrons. The zero-order valence-electron chi connectivity index (χ0n) is 10.0. The summed E-state index contributed by atoms with van der Waals surface area (Å²) in [6.07, 6.45) is 2.02. The van der Waals surface area contributed by atoms with Crippen molar-refractivity contribution in [1.29, 1.82) is 0 Å². The van der Waals surface area contributed by atoms with Gasteiger partial charge in [-0.15, -0.1) is 0 Å². The fourth-order valence-corrected chi connectivity index (χ4v) is 2.02. The Morgan fingerprint density at radius 1 is 1.50 bits per heavy atom. The van der Waals surface area contributed by atoms with E-state index in [9.17, 15) is 9.59 Å². The molecule has 1 unspecified atom stereocenters. The maximum atomic E-state index is 11.9. The largest absolute Gasteiger partial charge is 0.480 e. The minimum atomic E-state index is -1.01. The van der Waals surface area contributed by atoms with Gasteiger partial charge in [-0.05, 0) is 31.7 Å². The van der Waals surface area contributed by atoms with Crippen LogP contribution in [0.25, 0.3) is 0 Å². The topological polar surface area (TPSA) is 78.4 Å². The molecule has 1 aliphatic rings. The Labute approximate surface area is 95.6 Å². The van der Waals surface area contributed by atoms with E-state index >= 15 is 0 Å². The van der Waals surface area contributed by atoms with E-state index in [0.717, 1.165) is 19.4 Å². The van der Waals surface area contributed by atoms with Crippen LogP contribution >= 0.6 is 0 Å². The molecule has 0 aromatic heterocycles. The molecule has 0 radical (unpaired) electrons. The third-order valence-electron chi connectivity index (χ3n) is 3.12. The molecule has 5 heteroatoms. The van der Waals surface area contributed by atoms with Crippen LogP contribution in [0, 0.1) is 5.41 Å². The van der Waals surface area contributed by atoms with Gasteiger partial charge in [-0.2, -0.15) is 0 Å². The molecular weight excluding hydrogens is 208 g/mol. The number of amides is 1. The number of rotatable bonds is 3. The van der Waals surface area contributed by atoms with Crippen molar-refractivity contribution in [2.24, 2.45) is 5.41 Å². The molecule has 1 amide bonds. The van der Waals surface area contributed by atoms with Gasteiger partial charge in [0.2, 0.25) is 5.91 Å². The van der Waals surface area contributed by atoms with Gasteiger partial charge in [0.05, 0.1) is 6.04 Å². The molecule has 0 saturated carbocycles. The van der Waals surface area contributed by atoms with Gasteiger partial charge in [-0.3, -0.25) is 9.59 Å². The first-order valence-corrected chi connectivity index (χ1v) is 5.61. The second-order valence-corrected chi connectivity index (χ2v) is 5.05. The molecule has 0 spiro atoms. The van der Waals surface area contributed by atoms with E-state index in [1.807, 2.05) is 13.8 Å². The van der Waals surface area contributed by atoms with E-state index in [-0.39, 0.29) is 17.4 Å². The highest BCUT2D eigenvalue weighted by molar-refractivity contribution is 5.87. The van der Waals surface area contributed by atoms with E-state index in [2.05, 4.69) is 10.6 Å². The molecule has 1 fully saturated rings. The van der Waals surface area contributed by atoms with E-state index < -0.39 is 12.0 Å². The highest BCUT2D eigenvalue weighted by atomic mass is 16.4. The maximum Gasteiger partial charge on any atom is 0.325 e. The zero-order chi connectivity index (χ0) is 12.3. The number of carbonyl (C=O) groups is 2. The highest BCUT2D eigenvalue weighted by Crippen LogP contribution is 2.30. The van der Waals surface area contributed by atoms with Crippen molar-refractivity contribution >= 4 is 11.9 Å². The number of aliphatic carboxylic acids is 1. The molecular formula is C11H20N2O3. The van der Waals surface area contributed by atoms with Crippen molar-refractivity contribution in [3.8, 4) is 0 Å². The van der Waals surface area contributed by atoms with Gasteiger partial charge in [0.25, 0.3) is 0 Å². The molecule has 5 nitrogen and oxygen atoms in total. The molecule has 1 rings (SSSR count). The van der Waals surface area contributed by atoms with Crippen LogP contribution in [-0.4, -0.2) is 35.6 Å². The van der Waals surface area contributed by atoms with E-state index in [0.29, 0.717) is 0 Å². The first kappa shape index (κ1) is 13.0. The van der Waals surface area contributed by atoms with Crippen LogP contribution in [0.4, 0.5) is 0 Å². The number of hydrogen-bond donors (Lipinski definition) is 3. The first-order valence-electron chi connectivity index (χ1n) is 5.61. The van der Waals surface area contributed by atoms with Gasteiger partial charge in [-0.25, -0.2) is 0 Å². The van der Waals surface area contributed by atoms with Crippen LogP contribution in [0.1, 0.15) is 33.6 Å². The predicted molar refractivity (Wildman–Crippen MR) is 60.0 cm³/mol. The van der Waals surface area contributed by atoms with Crippen molar-refractivity contribution in [1.82, 2.24) is 10.6 Å². The normalized spacial score (nSPS) is 25.8. The number of hydrogen-bond acceptors (Lipinski definition) is 3. The van der Waals surface area contributed by atoms with Gasteiger partial charge >= 0.3 is 5.97 Å². The Hall–Kier alpha value is -1.10. The number of carboxylic acids is 1. The maximum absolute atomic E-state index is 11.9. The molecule has 1 aliphatic heterocycles. The van der Waals surface area contributed by atoms with Gasteiger partial charge < -0.3 is 15.7 Å². The van der Waals surface area contributed by atoms with Crippen LogP contribution < -0.4 is 10.6 Å². The quantitative estimate of drug-likeness (QED) is 0.651. The molecule has 0 bridgehead atoms. The van der Waals surface area contributed by atoms with Crippen molar-refractivity contribution in [3.05, 3.63) is 0 Å². The van der Waals surface area contributed by atoms with E-state index in [1.165, 1.54) is 6.92 Å². The van der Waals surface area contributed by atoms with Gasteiger partial charge in [0, 0.05) is 0 Å². The van der Waals surface area contributed by atoms with Crippen LogP contribution in [-0.2, 0) is 9.59 Å². The number of carbonyl (C=O) groups excluding carboxylic acids is 1. The fraction of sp³-hybridized carbons (Fsp3) is 0.818. The van der Waals surface area contributed by atoms with Crippen LogP contribution in [0.2, 0.25) is 0 Å². The summed E-state index contributed by atoms with van der Waals surface area (Å²) in [5, 5.41) is 14.4. The van der Waals surface area contributed by atoms with Gasteiger partial charge in [0.1, 0.15) is 6.04 Å². The Morgan fingerprint density at radius 3 is 2.62 bits per heavy atom. The molecule has 0 aromatic carbocycles. The smallest absolute Gasteiger partial charge is 0.325 e. The first-order chi connectivity index (χ1) is 7.34. The van der Waals surface area contributed by atoms with Crippen molar-refractivity contribution < 1.29 is 14.7 Å². The second-order valence-electron chi connectivity index (χ2n) is 5.05. The molecule has 3 N–H and O–H groups in total. The highest BCUT2D eigenvalue weighted by Gasteiger charge is 2.37. The Kier molecular flexibility index (Phi) is 3.91. The third kappa shape index (κ3) is 2.95. The second kappa shape index (κ2) is 4.82. The summed E-state index contributed by atoms with van der Waals surface area (Å²) in [6, 6.07) is -1.14. The van der Waals surface area contributed by atoms with Crippen molar-refractivity contribution in [3.63, 3.8) is 0 Å². The monoisotopic (exact) mass is 228 g/mol. The minimum absolute atomic E-state index is 0.124. The van der Waals surface area contributed by atoms with Gasteiger partial charge in [-0.1, -0.05) is 13.8 Å². The standard InChI is InChI=1S/C11H20N2O3/c1-7(10(15)16)13-9(14)8-11(2,3)5-4-6-12-8/h7-8,12H,4-6H2,1-3H3,(H,13,14)(H,15,16)/t7-,8?/m0/s1. The lowest BCUT2D eigenvalue weighted by molar-refractivity contribution is -0.142. The lowest BCUT2D eigenvalue weighted by Crippen LogP contribution is -2.57. The van der Waals surface area contributed by atoms with Crippen molar-refractivity contribution in [2.45, 2.75) is 45.7 Å². The SMILES string of the molecule is C[C@H](NC(=O)C1NCCCC1(C)C)C(=O)O. The summed E-state index contributed by atoms with van der Waals surface area (Å²) >= 11 is 0. The molecule has 1 heterocycles. The summed E-state index contributed by atoms with van der Waals surface area (Å²) in [5.41, 5.74) is -0.124. The minimum Gasteiger partial charge on any atom is -0.480 e. The summed E-state index contributed by atoms with van der Waals surface area (Å²) in [5.74, 6) is -1.23. The zero-order valence-corrected chi connectivity index (χ0v) is 10.0. The summed E-state index contributed by atoms with van der Waals surface area (Å²) < 4.78 is 0. The van der Waals surface area contributed by atoms with Crippen LogP contribution in [0.15, 0.2) is 0 Å². The van der Waals surface area contributed by atoms with Crippen molar-refractivity contribution in [2.75, 3.05) is 6.54 Å². The number of piperidine rings is 1. The van der Waals surface area contributed by atoms with Gasteiger partial charge in [0.15, 0.2) is 0 Å².